The maximum Gasteiger partial charge on any atom is 0.321 e. The second-order valence-electron chi connectivity index (χ2n) is 7.67. The quantitative estimate of drug-likeness (QED) is 0.607. The molecule has 6 nitrogen and oxygen atoms in total. The molecule has 2 aliphatic heterocycles. The minimum absolute atomic E-state index is 0.101. The van der Waals surface area contributed by atoms with Crippen molar-refractivity contribution in [2.75, 3.05) is 30.8 Å². The lowest BCUT2D eigenvalue weighted by Crippen LogP contribution is -2.46. The first-order valence-electron chi connectivity index (χ1n) is 10.9. The van der Waals surface area contributed by atoms with Gasteiger partial charge in [0.15, 0.2) is 5.66 Å². The van der Waals surface area contributed by atoms with Gasteiger partial charge in [0.25, 0.3) is 0 Å². The van der Waals surface area contributed by atoms with Crippen LogP contribution in [0.15, 0.2) is 58.5 Å². The van der Waals surface area contributed by atoms with Gasteiger partial charge in [-0.2, -0.15) is 0 Å². The number of rotatable bonds is 5. The van der Waals surface area contributed by atoms with Crippen LogP contribution in [0.5, 0.6) is 5.75 Å². The number of carbonyl (C=O) groups excluding carboxylic acids is 1. The number of amides is 2. The summed E-state index contributed by atoms with van der Waals surface area (Å²) in [7, 11) is 0. The molecular weight excluding hydrogens is 444 g/mol. The number of piperidine rings is 1. The van der Waals surface area contributed by atoms with Crippen LogP contribution >= 0.6 is 23.4 Å². The number of benzene rings is 2. The van der Waals surface area contributed by atoms with Crippen LogP contribution < -0.4 is 10.1 Å². The number of thioether (sulfide) groups is 1. The van der Waals surface area contributed by atoms with Crippen molar-refractivity contribution in [3.8, 4) is 5.75 Å². The molecule has 0 saturated carbocycles. The lowest BCUT2D eigenvalue weighted by Gasteiger charge is -2.35. The van der Waals surface area contributed by atoms with Crippen molar-refractivity contribution in [3.05, 3.63) is 59.1 Å². The number of hydrogen-bond donors (Lipinski definition) is 1. The zero-order chi connectivity index (χ0) is 22.6. The van der Waals surface area contributed by atoms with Crippen molar-refractivity contribution >= 4 is 45.8 Å². The lowest BCUT2D eigenvalue weighted by molar-refractivity contribution is 0.175. The summed E-state index contributed by atoms with van der Waals surface area (Å²) in [6.45, 7) is 5.89. The van der Waals surface area contributed by atoms with E-state index >= 15 is 0 Å². The number of carbonyl (C=O) groups is 1. The Morgan fingerprint density at radius 2 is 1.78 bits per heavy atom. The Bertz CT molecular complexity index is 1010. The summed E-state index contributed by atoms with van der Waals surface area (Å²) in [4.78, 5) is 24.7. The van der Waals surface area contributed by atoms with Crippen LogP contribution in [0.25, 0.3) is 0 Å². The molecule has 0 unspecified atom stereocenters. The molecule has 2 amide bonds. The number of nitrogens with zero attached hydrogens (tertiary/aromatic N) is 3. The maximum atomic E-state index is 12.8. The minimum atomic E-state index is -0.484. The van der Waals surface area contributed by atoms with Crippen molar-refractivity contribution in [3.63, 3.8) is 0 Å². The van der Waals surface area contributed by atoms with Crippen LogP contribution in [-0.4, -0.2) is 52.8 Å². The van der Waals surface area contributed by atoms with E-state index in [4.69, 9.17) is 26.3 Å². The molecule has 0 aromatic heterocycles. The molecule has 0 atom stereocenters. The molecular formula is C24H27ClN4O2S. The van der Waals surface area contributed by atoms with E-state index in [2.05, 4.69) is 12.2 Å². The van der Waals surface area contributed by atoms with Gasteiger partial charge >= 0.3 is 6.03 Å². The smallest absolute Gasteiger partial charge is 0.321 e. The molecule has 32 heavy (non-hydrogen) atoms. The number of halogens is 1. The highest BCUT2D eigenvalue weighted by atomic mass is 35.5. The molecule has 2 aromatic carbocycles. The maximum absolute atomic E-state index is 12.8. The van der Waals surface area contributed by atoms with Gasteiger partial charge in [0.2, 0.25) is 0 Å². The van der Waals surface area contributed by atoms with E-state index in [0.29, 0.717) is 37.6 Å². The van der Waals surface area contributed by atoms with Gasteiger partial charge in [0.05, 0.1) is 12.3 Å². The van der Waals surface area contributed by atoms with E-state index in [1.165, 1.54) is 0 Å². The zero-order valence-electron chi connectivity index (χ0n) is 18.3. The number of hydrogen-bond acceptors (Lipinski definition) is 5. The standard InChI is InChI=1S/C24H27ClN4O2S/c1-3-31-20-11-9-19(10-12-20)26-23(30)29-15-13-24(14-16-29)27-21(22(28-24)32-4-2)17-5-7-18(25)8-6-17/h5-12H,3-4,13-16H2,1-2H3,(H,26,30). The summed E-state index contributed by atoms with van der Waals surface area (Å²) in [5.74, 6) is 1.72. The molecule has 1 N–H and O–H groups in total. The Kier molecular flexibility index (Phi) is 7.06. The average Bonchev–Trinajstić information content (AvgIpc) is 3.14. The van der Waals surface area contributed by atoms with E-state index in [9.17, 15) is 4.79 Å². The molecule has 1 saturated heterocycles. The first-order valence-corrected chi connectivity index (χ1v) is 12.3. The average molecular weight is 471 g/mol. The van der Waals surface area contributed by atoms with Crippen molar-refractivity contribution < 1.29 is 9.53 Å². The van der Waals surface area contributed by atoms with Crippen LogP contribution in [0.4, 0.5) is 10.5 Å². The van der Waals surface area contributed by atoms with E-state index in [-0.39, 0.29) is 6.03 Å². The number of ether oxygens (including phenoxy) is 1. The summed E-state index contributed by atoms with van der Waals surface area (Å²) < 4.78 is 5.45. The van der Waals surface area contributed by atoms with Gasteiger partial charge in [-0.3, -0.25) is 4.99 Å². The van der Waals surface area contributed by atoms with Gasteiger partial charge in [-0.05, 0) is 49.1 Å². The molecule has 0 bridgehead atoms. The monoisotopic (exact) mass is 470 g/mol. The molecule has 0 aliphatic carbocycles. The Morgan fingerprint density at radius 1 is 1.09 bits per heavy atom. The first kappa shape index (κ1) is 22.7. The van der Waals surface area contributed by atoms with Gasteiger partial charge in [-0.15, -0.1) is 11.8 Å². The molecule has 1 spiro atoms. The third-order valence-corrected chi connectivity index (χ3v) is 6.60. The lowest BCUT2D eigenvalue weighted by atomic mass is 9.98. The highest BCUT2D eigenvalue weighted by molar-refractivity contribution is 8.15. The molecule has 1 fully saturated rings. The predicted molar refractivity (Wildman–Crippen MR) is 134 cm³/mol. The van der Waals surface area contributed by atoms with Crippen LogP contribution in [0.1, 0.15) is 32.3 Å². The number of anilines is 1. The highest BCUT2D eigenvalue weighted by Crippen LogP contribution is 2.36. The van der Waals surface area contributed by atoms with Gasteiger partial charge in [0.1, 0.15) is 10.8 Å². The van der Waals surface area contributed by atoms with Gasteiger partial charge in [-0.25, -0.2) is 9.79 Å². The largest absolute Gasteiger partial charge is 0.494 e. The van der Waals surface area contributed by atoms with Crippen molar-refractivity contribution in [2.24, 2.45) is 9.98 Å². The second-order valence-corrected chi connectivity index (χ2v) is 9.36. The number of urea groups is 1. The van der Waals surface area contributed by atoms with Crippen LogP contribution in [0, 0.1) is 0 Å². The van der Waals surface area contributed by atoms with E-state index < -0.39 is 5.66 Å². The second kappa shape index (κ2) is 9.96. The molecule has 2 aliphatic rings. The van der Waals surface area contributed by atoms with Crippen LogP contribution in [0.3, 0.4) is 0 Å². The van der Waals surface area contributed by atoms with Crippen molar-refractivity contribution in [1.29, 1.82) is 0 Å². The van der Waals surface area contributed by atoms with Gasteiger partial charge in [-0.1, -0.05) is 30.7 Å². The summed E-state index contributed by atoms with van der Waals surface area (Å²) in [5.41, 5.74) is 2.23. The molecule has 4 rings (SSSR count). The Balaban J connectivity index is 1.42. The van der Waals surface area contributed by atoms with Crippen molar-refractivity contribution in [1.82, 2.24) is 4.90 Å². The molecule has 2 aromatic rings. The number of likely N-dealkylation sites (tertiary alicyclic amines) is 1. The topological polar surface area (TPSA) is 66.3 Å². The fourth-order valence-electron chi connectivity index (χ4n) is 3.85. The van der Waals surface area contributed by atoms with Gasteiger partial charge < -0.3 is 15.0 Å². The molecule has 0 radical (unpaired) electrons. The van der Waals surface area contributed by atoms with Crippen LogP contribution in [-0.2, 0) is 0 Å². The Morgan fingerprint density at radius 3 is 2.41 bits per heavy atom. The fraction of sp³-hybridized carbons (Fsp3) is 0.375. The van der Waals surface area contributed by atoms with E-state index in [1.54, 1.807) is 11.8 Å². The molecule has 2 heterocycles. The normalized spacial score (nSPS) is 17.2. The summed E-state index contributed by atoms with van der Waals surface area (Å²) in [6, 6.07) is 15.1. The SMILES string of the molecule is CCOc1ccc(NC(=O)N2CCC3(CC2)N=C(SCC)C(c2ccc(Cl)cc2)=N3)cc1. The third-order valence-electron chi connectivity index (χ3n) is 5.50. The minimum Gasteiger partial charge on any atom is -0.494 e. The van der Waals surface area contributed by atoms with E-state index in [1.807, 2.05) is 60.4 Å². The first-order chi connectivity index (χ1) is 15.5. The molecule has 8 heteroatoms. The van der Waals surface area contributed by atoms with Gasteiger partial charge in [0, 0.05) is 42.2 Å². The number of aliphatic imine (C=N–C) groups is 2. The fourth-order valence-corrected chi connectivity index (χ4v) is 4.79. The summed E-state index contributed by atoms with van der Waals surface area (Å²) in [5, 5.41) is 4.65. The zero-order valence-corrected chi connectivity index (χ0v) is 19.9. The van der Waals surface area contributed by atoms with Crippen molar-refractivity contribution in [2.45, 2.75) is 32.4 Å². The predicted octanol–water partition coefficient (Wildman–Crippen LogP) is 5.72. The Hall–Kier alpha value is -2.51. The van der Waals surface area contributed by atoms with E-state index in [0.717, 1.165) is 33.5 Å². The number of nitrogens with one attached hydrogen (secondary N) is 1. The third kappa shape index (κ3) is 5.10. The summed E-state index contributed by atoms with van der Waals surface area (Å²) >= 11 is 7.77. The highest BCUT2D eigenvalue weighted by Gasteiger charge is 2.40. The molecule has 168 valence electrons. The van der Waals surface area contributed by atoms with Crippen LogP contribution in [0.2, 0.25) is 5.02 Å². The summed E-state index contributed by atoms with van der Waals surface area (Å²) in [6.07, 6.45) is 1.41. The Labute approximate surface area is 198 Å².